The van der Waals surface area contributed by atoms with E-state index in [1.54, 1.807) is 0 Å². The van der Waals surface area contributed by atoms with Gasteiger partial charge in [0.15, 0.2) is 0 Å². The van der Waals surface area contributed by atoms with E-state index in [1.165, 1.54) is 11.1 Å². The standard InChI is InChI=1S/C11H17BrN2O/c1-8-2-3-10(12)4-9(8)5-14-6-11(13)7-15/h2-4,11,14-15H,5-7,13H2,1H3. The summed E-state index contributed by atoms with van der Waals surface area (Å²) in [6.07, 6.45) is 0. The number of hydrogen-bond donors (Lipinski definition) is 3. The van der Waals surface area contributed by atoms with Gasteiger partial charge >= 0.3 is 0 Å². The molecule has 0 aliphatic heterocycles. The number of aliphatic hydroxyl groups is 1. The summed E-state index contributed by atoms with van der Waals surface area (Å²) in [4.78, 5) is 0. The molecule has 0 spiro atoms. The van der Waals surface area contributed by atoms with Gasteiger partial charge in [0.1, 0.15) is 0 Å². The monoisotopic (exact) mass is 272 g/mol. The molecule has 3 nitrogen and oxygen atoms in total. The third kappa shape index (κ3) is 4.30. The first-order valence-electron chi connectivity index (χ1n) is 4.95. The molecule has 0 heterocycles. The van der Waals surface area contributed by atoms with Gasteiger partial charge in [-0.25, -0.2) is 0 Å². The lowest BCUT2D eigenvalue weighted by Gasteiger charge is -2.11. The van der Waals surface area contributed by atoms with Crippen molar-refractivity contribution < 1.29 is 5.11 Å². The van der Waals surface area contributed by atoms with Crippen molar-refractivity contribution in [1.82, 2.24) is 5.32 Å². The lowest BCUT2D eigenvalue weighted by Crippen LogP contribution is -2.36. The van der Waals surface area contributed by atoms with E-state index in [9.17, 15) is 0 Å². The second kappa shape index (κ2) is 6.23. The fourth-order valence-corrected chi connectivity index (χ4v) is 1.70. The molecular formula is C11H17BrN2O. The Morgan fingerprint density at radius 2 is 2.27 bits per heavy atom. The van der Waals surface area contributed by atoms with Crippen LogP contribution in [0.3, 0.4) is 0 Å². The number of hydrogen-bond acceptors (Lipinski definition) is 3. The molecule has 0 radical (unpaired) electrons. The molecule has 84 valence electrons. The van der Waals surface area contributed by atoms with Gasteiger partial charge in [-0.15, -0.1) is 0 Å². The number of aryl methyl sites for hydroxylation is 1. The molecule has 1 unspecified atom stereocenters. The molecule has 4 heteroatoms. The summed E-state index contributed by atoms with van der Waals surface area (Å²) >= 11 is 3.44. The number of benzene rings is 1. The van der Waals surface area contributed by atoms with Crippen molar-refractivity contribution in [1.29, 1.82) is 0 Å². The Morgan fingerprint density at radius 1 is 1.53 bits per heavy atom. The molecule has 0 aliphatic carbocycles. The summed E-state index contributed by atoms with van der Waals surface area (Å²) in [6.45, 7) is 3.50. The minimum absolute atomic E-state index is 0.0183. The van der Waals surface area contributed by atoms with Crippen molar-refractivity contribution in [3.05, 3.63) is 33.8 Å². The predicted molar refractivity (Wildman–Crippen MR) is 65.6 cm³/mol. The highest BCUT2D eigenvalue weighted by molar-refractivity contribution is 9.10. The Kier molecular flexibility index (Phi) is 5.25. The first kappa shape index (κ1) is 12.6. The van der Waals surface area contributed by atoms with E-state index in [1.807, 2.05) is 6.07 Å². The molecule has 1 aromatic carbocycles. The number of nitrogens with one attached hydrogen (secondary N) is 1. The first-order chi connectivity index (χ1) is 7.13. The third-order valence-electron chi connectivity index (χ3n) is 2.27. The SMILES string of the molecule is Cc1ccc(Br)cc1CNCC(N)CO. The van der Waals surface area contributed by atoms with Crippen molar-refractivity contribution in [2.45, 2.75) is 19.5 Å². The van der Waals surface area contributed by atoms with Crippen LogP contribution in [0.4, 0.5) is 0 Å². The largest absolute Gasteiger partial charge is 0.395 e. The summed E-state index contributed by atoms with van der Waals surface area (Å²) < 4.78 is 1.08. The minimum atomic E-state index is -0.183. The molecule has 0 fully saturated rings. The van der Waals surface area contributed by atoms with Crippen LogP contribution in [0.5, 0.6) is 0 Å². The highest BCUT2D eigenvalue weighted by Gasteiger charge is 2.01. The number of nitrogens with two attached hydrogens (primary N) is 1. The Morgan fingerprint density at radius 3 is 2.93 bits per heavy atom. The predicted octanol–water partition coefficient (Wildman–Crippen LogP) is 1.17. The van der Waals surface area contributed by atoms with E-state index in [-0.39, 0.29) is 12.6 Å². The van der Waals surface area contributed by atoms with Crippen molar-refractivity contribution in [3.63, 3.8) is 0 Å². The van der Waals surface area contributed by atoms with Crippen molar-refractivity contribution >= 4 is 15.9 Å². The number of halogens is 1. The van der Waals surface area contributed by atoms with E-state index in [2.05, 4.69) is 40.3 Å². The zero-order chi connectivity index (χ0) is 11.3. The van der Waals surface area contributed by atoms with Crippen LogP contribution in [0, 0.1) is 6.92 Å². The van der Waals surface area contributed by atoms with Gasteiger partial charge in [-0.1, -0.05) is 22.0 Å². The maximum atomic E-state index is 8.76. The summed E-state index contributed by atoms with van der Waals surface area (Å²) in [5, 5.41) is 12.0. The van der Waals surface area contributed by atoms with Crippen LogP contribution >= 0.6 is 15.9 Å². The quantitative estimate of drug-likeness (QED) is 0.754. The maximum absolute atomic E-state index is 8.76. The number of aliphatic hydroxyl groups excluding tert-OH is 1. The molecule has 15 heavy (non-hydrogen) atoms. The van der Waals surface area contributed by atoms with Crippen LogP contribution in [-0.2, 0) is 6.54 Å². The van der Waals surface area contributed by atoms with E-state index in [4.69, 9.17) is 10.8 Å². The highest BCUT2D eigenvalue weighted by Crippen LogP contribution is 2.15. The average molecular weight is 273 g/mol. The van der Waals surface area contributed by atoms with Crippen LogP contribution in [0.25, 0.3) is 0 Å². The minimum Gasteiger partial charge on any atom is -0.395 e. The second-order valence-corrected chi connectivity index (χ2v) is 4.56. The topological polar surface area (TPSA) is 58.3 Å². The molecule has 4 N–H and O–H groups in total. The Balaban J connectivity index is 2.46. The van der Waals surface area contributed by atoms with Crippen LogP contribution in [0.1, 0.15) is 11.1 Å². The normalized spacial score (nSPS) is 12.8. The lowest BCUT2D eigenvalue weighted by atomic mass is 10.1. The van der Waals surface area contributed by atoms with Crippen molar-refractivity contribution in [2.24, 2.45) is 5.73 Å². The van der Waals surface area contributed by atoms with Crippen LogP contribution in [-0.4, -0.2) is 24.3 Å². The van der Waals surface area contributed by atoms with E-state index < -0.39 is 0 Å². The molecule has 1 aromatic rings. The average Bonchev–Trinajstić information content (AvgIpc) is 2.23. The van der Waals surface area contributed by atoms with Crippen LogP contribution < -0.4 is 11.1 Å². The molecule has 0 bridgehead atoms. The van der Waals surface area contributed by atoms with E-state index in [0.29, 0.717) is 6.54 Å². The molecule has 0 saturated carbocycles. The Labute approximate surface area is 98.8 Å². The van der Waals surface area contributed by atoms with Gasteiger partial charge in [-0.2, -0.15) is 0 Å². The maximum Gasteiger partial charge on any atom is 0.0594 e. The fourth-order valence-electron chi connectivity index (χ4n) is 1.29. The zero-order valence-electron chi connectivity index (χ0n) is 8.83. The van der Waals surface area contributed by atoms with Crippen molar-refractivity contribution in [2.75, 3.05) is 13.2 Å². The highest BCUT2D eigenvalue weighted by atomic mass is 79.9. The Bertz CT molecular complexity index is 317. The summed E-state index contributed by atoms with van der Waals surface area (Å²) in [5.74, 6) is 0. The molecule has 0 amide bonds. The smallest absolute Gasteiger partial charge is 0.0594 e. The number of rotatable bonds is 5. The van der Waals surface area contributed by atoms with Gasteiger partial charge in [0, 0.05) is 23.6 Å². The lowest BCUT2D eigenvalue weighted by molar-refractivity contribution is 0.262. The van der Waals surface area contributed by atoms with Gasteiger partial charge in [0.25, 0.3) is 0 Å². The summed E-state index contributed by atoms with van der Waals surface area (Å²) in [6, 6.07) is 6.01. The van der Waals surface area contributed by atoms with Crippen molar-refractivity contribution in [3.8, 4) is 0 Å². The molecule has 0 aliphatic rings. The van der Waals surface area contributed by atoms with E-state index in [0.717, 1.165) is 11.0 Å². The van der Waals surface area contributed by atoms with Crippen LogP contribution in [0.2, 0.25) is 0 Å². The van der Waals surface area contributed by atoms with E-state index >= 15 is 0 Å². The third-order valence-corrected chi connectivity index (χ3v) is 2.76. The fraction of sp³-hybridized carbons (Fsp3) is 0.455. The first-order valence-corrected chi connectivity index (χ1v) is 5.75. The summed E-state index contributed by atoms with van der Waals surface area (Å²) in [7, 11) is 0. The zero-order valence-corrected chi connectivity index (χ0v) is 10.4. The Hall–Kier alpha value is -0.420. The van der Waals surface area contributed by atoms with Gasteiger partial charge in [0.2, 0.25) is 0 Å². The van der Waals surface area contributed by atoms with Gasteiger partial charge < -0.3 is 16.2 Å². The van der Waals surface area contributed by atoms with Gasteiger partial charge in [-0.05, 0) is 30.2 Å². The van der Waals surface area contributed by atoms with Gasteiger partial charge in [-0.3, -0.25) is 0 Å². The molecule has 1 rings (SSSR count). The molecule has 1 atom stereocenters. The molecular weight excluding hydrogens is 256 g/mol. The van der Waals surface area contributed by atoms with Crippen LogP contribution in [0.15, 0.2) is 22.7 Å². The van der Waals surface area contributed by atoms with Gasteiger partial charge in [0.05, 0.1) is 6.61 Å². The molecule has 0 aromatic heterocycles. The summed E-state index contributed by atoms with van der Waals surface area (Å²) in [5.41, 5.74) is 8.08. The molecule has 0 saturated heterocycles. The second-order valence-electron chi connectivity index (χ2n) is 3.64.